The lowest BCUT2D eigenvalue weighted by Crippen LogP contribution is -2.59. The van der Waals surface area contributed by atoms with Gasteiger partial charge in [-0.25, -0.2) is 8.78 Å². The van der Waals surface area contributed by atoms with E-state index in [2.05, 4.69) is 25.7 Å². The second-order valence-electron chi connectivity index (χ2n) is 12.0. The molecule has 2 aliphatic heterocycles. The van der Waals surface area contributed by atoms with Crippen LogP contribution in [0.4, 0.5) is 8.78 Å². The molecule has 0 spiro atoms. The molecule has 4 atom stereocenters. The van der Waals surface area contributed by atoms with Gasteiger partial charge in [0.2, 0.25) is 5.91 Å². The number of carbonyl (C=O) groups excluding carboxylic acids is 1. The van der Waals surface area contributed by atoms with Gasteiger partial charge < -0.3 is 10.0 Å². The largest absolute Gasteiger partial charge is 0.480 e. The lowest BCUT2D eigenvalue weighted by atomic mass is 9.87. The van der Waals surface area contributed by atoms with E-state index in [0.29, 0.717) is 49.7 Å². The maximum absolute atomic E-state index is 14.9. The van der Waals surface area contributed by atoms with Gasteiger partial charge in [0.25, 0.3) is 0 Å². The summed E-state index contributed by atoms with van der Waals surface area (Å²) in [6.45, 7) is 12.2. The van der Waals surface area contributed by atoms with Crippen LogP contribution in [0, 0.1) is 24.5 Å². The standard InChI is InChI=1S/C30H38ClF2N3O3.2ClH/c1-18-12-21(31)7-6-20(18)13-27(29(38)39)34-10-11-36(19(2)15-34)28(37)25-17-35(30(3,4)5)16-24(25)23-9-8-22(32)14-26(23)33;;/h6-9,12,14,19,24-25,27H,10-11,13,15-17H2,1-5H3,(H,38,39);2*1H/t19-,24-,25+,27-;;/m0../s1. The molecule has 2 aliphatic rings. The fourth-order valence-electron chi connectivity index (χ4n) is 6.00. The molecule has 2 saturated heterocycles. The topological polar surface area (TPSA) is 64.1 Å². The summed E-state index contributed by atoms with van der Waals surface area (Å²) >= 11 is 6.08. The molecule has 2 heterocycles. The average molecular weight is 635 g/mol. The molecule has 11 heteroatoms. The van der Waals surface area contributed by atoms with Gasteiger partial charge >= 0.3 is 5.97 Å². The van der Waals surface area contributed by atoms with Crippen molar-refractivity contribution in [3.63, 3.8) is 0 Å². The maximum atomic E-state index is 14.9. The van der Waals surface area contributed by atoms with Crippen LogP contribution in [-0.2, 0) is 16.0 Å². The van der Waals surface area contributed by atoms with Gasteiger partial charge in [-0.2, -0.15) is 0 Å². The number of carbonyl (C=O) groups is 2. The molecule has 6 nitrogen and oxygen atoms in total. The van der Waals surface area contributed by atoms with Gasteiger partial charge in [-0.3, -0.25) is 19.4 Å². The van der Waals surface area contributed by atoms with E-state index in [1.165, 1.54) is 12.1 Å². The molecule has 0 aromatic heterocycles. The number of likely N-dealkylation sites (tertiary alicyclic amines) is 1. The van der Waals surface area contributed by atoms with Gasteiger partial charge in [-0.05, 0) is 75.9 Å². The van der Waals surface area contributed by atoms with E-state index in [1.54, 1.807) is 6.07 Å². The van der Waals surface area contributed by atoms with Gasteiger partial charge in [-0.1, -0.05) is 23.7 Å². The Morgan fingerprint density at radius 3 is 2.29 bits per heavy atom. The van der Waals surface area contributed by atoms with Gasteiger partial charge in [0, 0.05) is 61.3 Å². The highest BCUT2D eigenvalue weighted by molar-refractivity contribution is 6.30. The third-order valence-corrected chi connectivity index (χ3v) is 8.57. The maximum Gasteiger partial charge on any atom is 0.321 e. The molecular formula is C30H40Cl3F2N3O3. The van der Waals surface area contributed by atoms with Crippen LogP contribution in [0.25, 0.3) is 0 Å². The van der Waals surface area contributed by atoms with Crippen LogP contribution in [0.3, 0.4) is 0 Å². The first-order valence-electron chi connectivity index (χ1n) is 13.5. The zero-order chi connectivity index (χ0) is 28.6. The number of carboxylic acid groups (broad SMARTS) is 1. The molecular weight excluding hydrogens is 595 g/mol. The van der Waals surface area contributed by atoms with E-state index >= 15 is 0 Å². The van der Waals surface area contributed by atoms with Crippen LogP contribution in [0.5, 0.6) is 0 Å². The van der Waals surface area contributed by atoms with Crippen LogP contribution in [0.2, 0.25) is 5.02 Å². The van der Waals surface area contributed by atoms with Crippen LogP contribution in [0.1, 0.15) is 50.3 Å². The third-order valence-electron chi connectivity index (χ3n) is 8.33. The summed E-state index contributed by atoms with van der Waals surface area (Å²) in [5, 5.41) is 10.7. The monoisotopic (exact) mass is 633 g/mol. The number of hydrogen-bond acceptors (Lipinski definition) is 4. The lowest BCUT2D eigenvalue weighted by molar-refractivity contribution is -0.147. The van der Waals surface area contributed by atoms with Crippen LogP contribution in [-0.4, -0.2) is 82.0 Å². The van der Waals surface area contributed by atoms with Crippen molar-refractivity contribution in [2.45, 2.75) is 64.6 Å². The van der Waals surface area contributed by atoms with Crippen molar-refractivity contribution < 1.29 is 23.5 Å². The minimum absolute atomic E-state index is 0. The number of aryl methyl sites for hydroxylation is 1. The van der Waals surface area contributed by atoms with E-state index in [9.17, 15) is 23.5 Å². The Balaban J connectivity index is 0.00000294. The minimum atomic E-state index is -0.903. The Morgan fingerprint density at radius 2 is 1.73 bits per heavy atom. The van der Waals surface area contributed by atoms with Crippen LogP contribution >= 0.6 is 36.4 Å². The highest BCUT2D eigenvalue weighted by Crippen LogP contribution is 2.39. The average Bonchev–Trinajstić information content (AvgIpc) is 3.29. The fourth-order valence-corrected chi connectivity index (χ4v) is 6.22. The molecule has 228 valence electrons. The van der Waals surface area contributed by atoms with E-state index in [4.69, 9.17) is 11.6 Å². The van der Waals surface area contributed by atoms with E-state index in [1.807, 2.05) is 35.8 Å². The molecule has 0 radical (unpaired) electrons. The first-order chi connectivity index (χ1) is 18.3. The smallest absolute Gasteiger partial charge is 0.321 e. The zero-order valence-corrected chi connectivity index (χ0v) is 26.5. The summed E-state index contributed by atoms with van der Waals surface area (Å²) in [6, 6.07) is 8.10. The van der Waals surface area contributed by atoms with Crippen molar-refractivity contribution in [1.29, 1.82) is 0 Å². The summed E-state index contributed by atoms with van der Waals surface area (Å²) in [6.07, 6.45) is 0.341. The molecule has 41 heavy (non-hydrogen) atoms. The number of amides is 1. The van der Waals surface area contributed by atoms with Crippen LogP contribution < -0.4 is 0 Å². The molecule has 0 aliphatic carbocycles. The summed E-state index contributed by atoms with van der Waals surface area (Å²) in [5.74, 6) is -3.13. The predicted molar refractivity (Wildman–Crippen MR) is 162 cm³/mol. The van der Waals surface area contributed by atoms with Crippen LogP contribution in [0.15, 0.2) is 36.4 Å². The predicted octanol–water partition coefficient (Wildman–Crippen LogP) is 5.81. The first kappa shape index (κ1) is 35.2. The molecule has 1 amide bonds. The molecule has 2 aromatic rings. The number of rotatable bonds is 6. The number of hydrogen-bond donors (Lipinski definition) is 1. The SMILES string of the molecule is Cc1cc(Cl)ccc1C[C@@H](C(=O)O)N1CCN(C(=O)[C@@H]2CN(C(C)(C)C)C[C@H]2c2ccc(F)cc2F)[C@@H](C)C1.Cl.Cl. The van der Waals surface area contributed by atoms with Crippen molar-refractivity contribution in [2.75, 3.05) is 32.7 Å². The molecule has 4 rings (SSSR count). The second-order valence-corrected chi connectivity index (χ2v) is 12.4. The van der Waals surface area contributed by atoms with Crippen molar-refractivity contribution in [3.05, 3.63) is 69.7 Å². The number of aliphatic carboxylic acids is 1. The quantitative estimate of drug-likeness (QED) is 0.435. The van der Waals surface area contributed by atoms with E-state index in [0.717, 1.165) is 17.2 Å². The summed E-state index contributed by atoms with van der Waals surface area (Å²) in [5.41, 5.74) is 2.01. The number of halogens is 5. The minimum Gasteiger partial charge on any atom is -0.480 e. The molecule has 2 fully saturated rings. The lowest BCUT2D eigenvalue weighted by Gasteiger charge is -2.43. The van der Waals surface area contributed by atoms with Gasteiger partial charge in [0.15, 0.2) is 0 Å². The first-order valence-corrected chi connectivity index (χ1v) is 13.9. The van der Waals surface area contributed by atoms with Crippen molar-refractivity contribution in [2.24, 2.45) is 5.92 Å². The number of piperazine rings is 1. The normalized spacial score (nSPS) is 22.5. The molecule has 0 unspecified atom stereocenters. The fraction of sp³-hybridized carbons (Fsp3) is 0.533. The van der Waals surface area contributed by atoms with Crippen molar-refractivity contribution in [1.82, 2.24) is 14.7 Å². The number of benzene rings is 2. The zero-order valence-electron chi connectivity index (χ0n) is 24.1. The van der Waals surface area contributed by atoms with Crippen molar-refractivity contribution in [3.8, 4) is 0 Å². The second kappa shape index (κ2) is 14.0. The molecule has 1 N–H and O–H groups in total. The highest BCUT2D eigenvalue weighted by atomic mass is 35.5. The van der Waals surface area contributed by atoms with E-state index < -0.39 is 35.5 Å². The molecule has 0 bridgehead atoms. The summed E-state index contributed by atoms with van der Waals surface area (Å²) in [4.78, 5) is 32.2. The number of carboxylic acids is 1. The van der Waals surface area contributed by atoms with E-state index in [-0.39, 0.29) is 42.3 Å². The Kier molecular flexibility index (Phi) is 12.0. The Labute approximate surface area is 258 Å². The van der Waals surface area contributed by atoms with Gasteiger partial charge in [-0.15, -0.1) is 24.8 Å². The van der Waals surface area contributed by atoms with Gasteiger partial charge in [0.05, 0.1) is 5.92 Å². The Bertz CT molecular complexity index is 1240. The van der Waals surface area contributed by atoms with Crippen molar-refractivity contribution >= 4 is 48.3 Å². The Morgan fingerprint density at radius 1 is 1.05 bits per heavy atom. The van der Waals surface area contributed by atoms with Gasteiger partial charge in [0.1, 0.15) is 17.7 Å². The molecule has 0 saturated carbocycles. The molecule has 2 aromatic carbocycles. The number of nitrogens with zero attached hydrogens (tertiary/aromatic N) is 3. The summed E-state index contributed by atoms with van der Waals surface area (Å²) in [7, 11) is 0. The highest BCUT2D eigenvalue weighted by Gasteiger charge is 2.46. The Hall–Kier alpha value is -1.97. The summed E-state index contributed by atoms with van der Waals surface area (Å²) < 4.78 is 28.5. The third kappa shape index (κ3) is 7.90.